The van der Waals surface area contributed by atoms with Crippen molar-refractivity contribution in [3.63, 3.8) is 0 Å². The maximum absolute atomic E-state index is 12.1. The van der Waals surface area contributed by atoms with Gasteiger partial charge in [-0.1, -0.05) is 12.1 Å². The van der Waals surface area contributed by atoms with Crippen molar-refractivity contribution in [3.8, 4) is 5.75 Å². The van der Waals surface area contributed by atoms with Crippen LogP contribution in [0.4, 0.5) is 11.4 Å². The van der Waals surface area contributed by atoms with Crippen molar-refractivity contribution >= 4 is 17.3 Å². The van der Waals surface area contributed by atoms with Gasteiger partial charge in [0.05, 0.1) is 12.0 Å². The van der Waals surface area contributed by atoms with Gasteiger partial charge >= 0.3 is 0 Å². The molecule has 0 heterocycles. The number of carbonyl (C=O) groups excluding carboxylic acids is 1. The van der Waals surface area contributed by atoms with Crippen molar-refractivity contribution in [2.45, 2.75) is 6.92 Å². The number of non-ortho nitro benzene ring substituents is 1. The van der Waals surface area contributed by atoms with E-state index in [1.807, 2.05) is 6.92 Å². The summed E-state index contributed by atoms with van der Waals surface area (Å²) in [6.07, 6.45) is 0. The molecule has 0 aliphatic rings. The summed E-state index contributed by atoms with van der Waals surface area (Å²) >= 11 is 0. The van der Waals surface area contributed by atoms with Crippen molar-refractivity contribution in [2.75, 3.05) is 12.4 Å². The standard InChI is InChI=1S/C15H14N2O4/c1-10-6-7-11(8-14(10)21-2)15(18)16-12-4-3-5-13(9-12)17(19)20/h3-9H,1-2H3,(H,16,18). The average molecular weight is 286 g/mol. The van der Waals surface area contributed by atoms with Crippen LogP contribution in [0.15, 0.2) is 42.5 Å². The van der Waals surface area contributed by atoms with E-state index in [1.165, 1.54) is 25.3 Å². The number of carbonyl (C=O) groups is 1. The first-order valence-electron chi connectivity index (χ1n) is 6.21. The molecule has 1 N–H and O–H groups in total. The first-order chi connectivity index (χ1) is 10.0. The summed E-state index contributed by atoms with van der Waals surface area (Å²) in [6, 6.07) is 10.9. The molecule has 0 bridgehead atoms. The highest BCUT2D eigenvalue weighted by Crippen LogP contribution is 2.21. The predicted molar refractivity (Wildman–Crippen MR) is 78.8 cm³/mol. The fourth-order valence-electron chi connectivity index (χ4n) is 1.86. The van der Waals surface area contributed by atoms with Gasteiger partial charge in [-0.25, -0.2) is 0 Å². The molecule has 0 fully saturated rings. The summed E-state index contributed by atoms with van der Waals surface area (Å²) in [7, 11) is 1.53. The summed E-state index contributed by atoms with van der Waals surface area (Å²) in [5.74, 6) is 0.260. The summed E-state index contributed by atoms with van der Waals surface area (Å²) < 4.78 is 5.17. The SMILES string of the molecule is COc1cc(C(=O)Nc2cccc([N+](=O)[O-])c2)ccc1C. The number of hydrogen-bond donors (Lipinski definition) is 1. The van der Waals surface area contributed by atoms with E-state index in [1.54, 1.807) is 24.3 Å². The molecule has 0 aromatic heterocycles. The Morgan fingerprint density at radius 3 is 2.67 bits per heavy atom. The number of hydrogen-bond acceptors (Lipinski definition) is 4. The Bertz CT molecular complexity index is 698. The molecule has 108 valence electrons. The number of methoxy groups -OCH3 is 1. The largest absolute Gasteiger partial charge is 0.496 e. The van der Waals surface area contributed by atoms with Gasteiger partial charge in [-0.05, 0) is 30.7 Å². The minimum absolute atomic E-state index is 0.0747. The number of anilines is 1. The number of amides is 1. The Kier molecular flexibility index (Phi) is 4.18. The molecule has 21 heavy (non-hydrogen) atoms. The quantitative estimate of drug-likeness (QED) is 0.691. The van der Waals surface area contributed by atoms with Crippen molar-refractivity contribution in [3.05, 3.63) is 63.7 Å². The topological polar surface area (TPSA) is 81.5 Å². The Balaban J connectivity index is 2.22. The molecule has 0 atom stereocenters. The molecule has 6 heteroatoms. The number of aryl methyl sites for hydroxylation is 1. The molecule has 6 nitrogen and oxygen atoms in total. The molecular formula is C15H14N2O4. The molecule has 2 aromatic rings. The molecule has 2 rings (SSSR count). The van der Waals surface area contributed by atoms with Crippen LogP contribution in [0.1, 0.15) is 15.9 Å². The summed E-state index contributed by atoms with van der Waals surface area (Å²) in [5, 5.41) is 13.3. The van der Waals surface area contributed by atoms with Crippen LogP contribution >= 0.6 is 0 Å². The van der Waals surface area contributed by atoms with Crippen LogP contribution < -0.4 is 10.1 Å². The first-order valence-corrected chi connectivity index (χ1v) is 6.21. The maximum atomic E-state index is 12.1. The lowest BCUT2D eigenvalue weighted by molar-refractivity contribution is -0.384. The van der Waals surface area contributed by atoms with Gasteiger partial charge in [0.25, 0.3) is 11.6 Å². The second kappa shape index (κ2) is 6.04. The lowest BCUT2D eigenvalue weighted by Gasteiger charge is -2.08. The zero-order valence-corrected chi connectivity index (χ0v) is 11.6. The maximum Gasteiger partial charge on any atom is 0.271 e. The fraction of sp³-hybridized carbons (Fsp3) is 0.133. The molecule has 0 radical (unpaired) electrons. The van der Waals surface area contributed by atoms with Gasteiger partial charge < -0.3 is 10.1 Å². The van der Waals surface area contributed by atoms with Gasteiger partial charge in [0.2, 0.25) is 0 Å². The van der Waals surface area contributed by atoms with Crippen molar-refractivity contribution in [2.24, 2.45) is 0 Å². The Morgan fingerprint density at radius 2 is 2.00 bits per heavy atom. The van der Waals surface area contributed by atoms with E-state index in [9.17, 15) is 14.9 Å². The number of benzene rings is 2. The van der Waals surface area contributed by atoms with Crippen molar-refractivity contribution in [1.29, 1.82) is 0 Å². The highest BCUT2D eigenvalue weighted by atomic mass is 16.6. The van der Waals surface area contributed by atoms with E-state index < -0.39 is 4.92 Å². The summed E-state index contributed by atoms with van der Waals surface area (Å²) in [4.78, 5) is 22.3. The van der Waals surface area contributed by atoms with Crippen LogP contribution in [0.3, 0.4) is 0 Å². The highest BCUT2D eigenvalue weighted by molar-refractivity contribution is 6.04. The Morgan fingerprint density at radius 1 is 1.24 bits per heavy atom. The number of nitrogens with zero attached hydrogens (tertiary/aromatic N) is 1. The lowest BCUT2D eigenvalue weighted by atomic mass is 10.1. The molecule has 0 unspecified atom stereocenters. The van der Waals surface area contributed by atoms with E-state index in [0.717, 1.165) is 5.56 Å². The number of nitro groups is 1. The summed E-state index contributed by atoms with van der Waals surface area (Å²) in [5.41, 5.74) is 1.64. The van der Waals surface area contributed by atoms with Crippen LogP contribution in [-0.4, -0.2) is 17.9 Å². The molecule has 0 aliphatic heterocycles. The van der Waals surface area contributed by atoms with Gasteiger partial charge in [0.15, 0.2) is 0 Å². The summed E-state index contributed by atoms with van der Waals surface area (Å²) in [6.45, 7) is 1.88. The lowest BCUT2D eigenvalue weighted by Crippen LogP contribution is -2.12. The fourth-order valence-corrected chi connectivity index (χ4v) is 1.86. The normalized spacial score (nSPS) is 10.0. The second-order valence-electron chi connectivity index (χ2n) is 4.45. The van der Waals surface area contributed by atoms with Crippen molar-refractivity contribution < 1.29 is 14.5 Å². The van der Waals surface area contributed by atoms with E-state index in [0.29, 0.717) is 17.0 Å². The minimum Gasteiger partial charge on any atom is -0.496 e. The van der Waals surface area contributed by atoms with Gasteiger partial charge in [-0.2, -0.15) is 0 Å². The van der Waals surface area contributed by atoms with E-state index >= 15 is 0 Å². The Labute approximate surface area is 121 Å². The zero-order chi connectivity index (χ0) is 15.4. The van der Waals surface area contributed by atoms with E-state index in [-0.39, 0.29) is 11.6 Å². The first kappa shape index (κ1) is 14.5. The van der Waals surface area contributed by atoms with E-state index in [4.69, 9.17) is 4.74 Å². The minimum atomic E-state index is -0.509. The molecule has 0 spiro atoms. The van der Waals surface area contributed by atoms with E-state index in [2.05, 4.69) is 5.32 Å². The number of nitro benzene ring substituents is 1. The third-order valence-electron chi connectivity index (χ3n) is 2.99. The number of nitrogens with one attached hydrogen (secondary N) is 1. The highest BCUT2D eigenvalue weighted by Gasteiger charge is 2.11. The number of rotatable bonds is 4. The van der Waals surface area contributed by atoms with Crippen LogP contribution in [-0.2, 0) is 0 Å². The zero-order valence-electron chi connectivity index (χ0n) is 11.6. The predicted octanol–water partition coefficient (Wildman–Crippen LogP) is 3.16. The van der Waals surface area contributed by atoms with Gasteiger partial charge in [0.1, 0.15) is 5.75 Å². The second-order valence-corrected chi connectivity index (χ2v) is 4.45. The van der Waals surface area contributed by atoms with Gasteiger partial charge in [-0.3, -0.25) is 14.9 Å². The molecule has 1 amide bonds. The molecule has 0 aliphatic carbocycles. The molecule has 0 saturated heterocycles. The molecule has 0 saturated carbocycles. The molecular weight excluding hydrogens is 272 g/mol. The van der Waals surface area contributed by atoms with Gasteiger partial charge in [0, 0.05) is 23.4 Å². The van der Waals surface area contributed by atoms with Crippen LogP contribution in [0.5, 0.6) is 5.75 Å². The average Bonchev–Trinajstić information content (AvgIpc) is 2.47. The molecule has 2 aromatic carbocycles. The van der Waals surface area contributed by atoms with Crippen LogP contribution in [0.25, 0.3) is 0 Å². The Hall–Kier alpha value is -2.89. The smallest absolute Gasteiger partial charge is 0.271 e. The third kappa shape index (κ3) is 3.36. The monoisotopic (exact) mass is 286 g/mol. The van der Waals surface area contributed by atoms with Crippen molar-refractivity contribution in [1.82, 2.24) is 0 Å². The number of ether oxygens (including phenoxy) is 1. The van der Waals surface area contributed by atoms with Crippen LogP contribution in [0.2, 0.25) is 0 Å². The third-order valence-corrected chi connectivity index (χ3v) is 2.99. The van der Waals surface area contributed by atoms with Crippen LogP contribution in [0, 0.1) is 17.0 Å². The van der Waals surface area contributed by atoms with Gasteiger partial charge in [-0.15, -0.1) is 0 Å².